The average molecular weight is 266 g/mol. The first-order valence-corrected chi connectivity index (χ1v) is 6.93. The van der Waals surface area contributed by atoms with Crippen LogP contribution in [0.2, 0.25) is 0 Å². The van der Waals surface area contributed by atoms with Gasteiger partial charge in [0.25, 0.3) is 0 Å². The van der Waals surface area contributed by atoms with Gasteiger partial charge < -0.3 is 13.9 Å². The summed E-state index contributed by atoms with van der Waals surface area (Å²) in [5.74, 6) is 1.18. The molecule has 1 aliphatic rings. The SMILES string of the molecule is COC(=O)c1ccc(C(C)OC2CCCC(C)C2)o1. The Balaban J connectivity index is 1.93. The number of hydrogen-bond acceptors (Lipinski definition) is 4. The molecule has 4 nitrogen and oxygen atoms in total. The quantitative estimate of drug-likeness (QED) is 0.779. The number of methoxy groups -OCH3 is 1. The summed E-state index contributed by atoms with van der Waals surface area (Å²) in [6.45, 7) is 4.22. The molecule has 3 atom stereocenters. The second kappa shape index (κ2) is 6.24. The van der Waals surface area contributed by atoms with Gasteiger partial charge in [0.15, 0.2) is 0 Å². The standard InChI is InChI=1S/C15H22O4/c1-10-5-4-6-12(9-10)18-11(2)13-7-8-14(19-13)15(16)17-3/h7-8,10-12H,4-6,9H2,1-3H3. The van der Waals surface area contributed by atoms with E-state index in [1.165, 1.54) is 20.0 Å². The highest BCUT2D eigenvalue weighted by atomic mass is 16.5. The van der Waals surface area contributed by atoms with Gasteiger partial charge in [-0.1, -0.05) is 19.8 Å². The van der Waals surface area contributed by atoms with Crippen LogP contribution in [-0.2, 0) is 9.47 Å². The minimum absolute atomic E-state index is 0.131. The van der Waals surface area contributed by atoms with E-state index < -0.39 is 5.97 Å². The Morgan fingerprint density at radius 2 is 2.21 bits per heavy atom. The van der Waals surface area contributed by atoms with E-state index in [-0.39, 0.29) is 11.9 Å². The van der Waals surface area contributed by atoms with Crippen molar-refractivity contribution in [2.24, 2.45) is 5.92 Å². The zero-order valence-electron chi connectivity index (χ0n) is 11.8. The highest BCUT2D eigenvalue weighted by Gasteiger charge is 2.23. The van der Waals surface area contributed by atoms with Crippen LogP contribution >= 0.6 is 0 Å². The van der Waals surface area contributed by atoms with Crippen molar-refractivity contribution in [2.45, 2.75) is 51.7 Å². The topological polar surface area (TPSA) is 48.7 Å². The molecule has 1 aromatic rings. The van der Waals surface area contributed by atoms with Gasteiger partial charge in [0.05, 0.1) is 13.2 Å². The molecule has 0 bridgehead atoms. The van der Waals surface area contributed by atoms with Gasteiger partial charge in [-0.3, -0.25) is 0 Å². The maximum Gasteiger partial charge on any atom is 0.373 e. The van der Waals surface area contributed by atoms with Crippen molar-refractivity contribution in [3.8, 4) is 0 Å². The zero-order chi connectivity index (χ0) is 13.8. The molecule has 1 fully saturated rings. The molecular weight excluding hydrogens is 244 g/mol. The second-order valence-electron chi connectivity index (χ2n) is 5.37. The number of esters is 1. The van der Waals surface area contributed by atoms with E-state index in [0.717, 1.165) is 18.8 Å². The van der Waals surface area contributed by atoms with Crippen molar-refractivity contribution in [1.82, 2.24) is 0 Å². The molecule has 1 aromatic heterocycles. The van der Waals surface area contributed by atoms with Crippen molar-refractivity contribution >= 4 is 5.97 Å². The van der Waals surface area contributed by atoms with Crippen molar-refractivity contribution < 1.29 is 18.7 Å². The molecular formula is C15H22O4. The highest BCUT2D eigenvalue weighted by molar-refractivity contribution is 5.86. The Labute approximate surface area is 114 Å². The maximum absolute atomic E-state index is 11.3. The van der Waals surface area contributed by atoms with Gasteiger partial charge in [-0.05, 0) is 37.8 Å². The van der Waals surface area contributed by atoms with Gasteiger partial charge in [-0.15, -0.1) is 0 Å². The minimum Gasteiger partial charge on any atom is -0.463 e. The van der Waals surface area contributed by atoms with Crippen LogP contribution in [0.4, 0.5) is 0 Å². The largest absolute Gasteiger partial charge is 0.463 e. The lowest BCUT2D eigenvalue weighted by atomic mass is 9.88. The van der Waals surface area contributed by atoms with Crippen LogP contribution in [0.1, 0.15) is 61.9 Å². The predicted octanol–water partition coefficient (Wildman–Crippen LogP) is 3.72. The fourth-order valence-electron chi connectivity index (χ4n) is 2.64. The van der Waals surface area contributed by atoms with E-state index in [0.29, 0.717) is 11.9 Å². The number of carbonyl (C=O) groups is 1. The van der Waals surface area contributed by atoms with E-state index in [9.17, 15) is 4.79 Å². The molecule has 1 heterocycles. The van der Waals surface area contributed by atoms with Crippen molar-refractivity contribution in [3.05, 3.63) is 23.7 Å². The molecule has 0 radical (unpaired) electrons. The molecule has 106 valence electrons. The fourth-order valence-corrected chi connectivity index (χ4v) is 2.64. The van der Waals surface area contributed by atoms with Crippen LogP contribution in [-0.4, -0.2) is 19.2 Å². The number of hydrogen-bond donors (Lipinski definition) is 0. The first-order valence-electron chi connectivity index (χ1n) is 6.93. The summed E-state index contributed by atoms with van der Waals surface area (Å²) in [6, 6.07) is 3.41. The van der Waals surface area contributed by atoms with Crippen LogP contribution in [0.5, 0.6) is 0 Å². The molecule has 4 heteroatoms. The number of carbonyl (C=O) groups excluding carboxylic acids is 1. The van der Waals surface area contributed by atoms with Crippen LogP contribution < -0.4 is 0 Å². The molecule has 0 aromatic carbocycles. The Hall–Kier alpha value is -1.29. The summed E-state index contributed by atoms with van der Waals surface area (Å²) >= 11 is 0. The van der Waals surface area contributed by atoms with E-state index in [1.54, 1.807) is 12.1 Å². The Morgan fingerprint density at radius 1 is 1.42 bits per heavy atom. The van der Waals surface area contributed by atoms with Crippen LogP contribution in [0.15, 0.2) is 16.5 Å². The normalized spacial score (nSPS) is 25.0. The Morgan fingerprint density at radius 3 is 2.89 bits per heavy atom. The molecule has 19 heavy (non-hydrogen) atoms. The molecule has 0 amide bonds. The van der Waals surface area contributed by atoms with Crippen LogP contribution in [0.3, 0.4) is 0 Å². The monoisotopic (exact) mass is 266 g/mol. The molecule has 0 N–H and O–H groups in total. The van der Waals surface area contributed by atoms with E-state index in [4.69, 9.17) is 9.15 Å². The molecule has 1 saturated carbocycles. The first kappa shape index (κ1) is 14.1. The third-order valence-electron chi connectivity index (χ3n) is 3.70. The molecule has 0 spiro atoms. The van der Waals surface area contributed by atoms with Crippen molar-refractivity contribution in [2.75, 3.05) is 7.11 Å². The van der Waals surface area contributed by atoms with Gasteiger partial charge in [-0.2, -0.15) is 0 Å². The van der Waals surface area contributed by atoms with Crippen molar-refractivity contribution in [3.63, 3.8) is 0 Å². The van der Waals surface area contributed by atoms with E-state index in [2.05, 4.69) is 11.7 Å². The summed E-state index contributed by atoms with van der Waals surface area (Å²) in [6.07, 6.45) is 4.90. The second-order valence-corrected chi connectivity index (χ2v) is 5.37. The number of furan rings is 1. The summed E-state index contributed by atoms with van der Waals surface area (Å²) in [5.41, 5.74) is 0. The summed E-state index contributed by atoms with van der Waals surface area (Å²) in [5, 5.41) is 0. The molecule has 0 saturated heterocycles. The summed E-state index contributed by atoms with van der Waals surface area (Å²) in [7, 11) is 1.34. The van der Waals surface area contributed by atoms with Gasteiger partial charge in [0.1, 0.15) is 11.9 Å². The zero-order valence-corrected chi connectivity index (χ0v) is 11.8. The molecule has 0 aliphatic heterocycles. The molecule has 2 rings (SSSR count). The number of rotatable bonds is 4. The summed E-state index contributed by atoms with van der Waals surface area (Å²) in [4.78, 5) is 11.3. The lowest BCUT2D eigenvalue weighted by Gasteiger charge is -2.28. The minimum atomic E-state index is -0.454. The average Bonchev–Trinajstić information content (AvgIpc) is 2.87. The molecule has 1 aliphatic carbocycles. The van der Waals surface area contributed by atoms with Gasteiger partial charge in [-0.25, -0.2) is 4.79 Å². The lowest BCUT2D eigenvalue weighted by molar-refractivity contribution is -0.0406. The van der Waals surface area contributed by atoms with Crippen molar-refractivity contribution in [1.29, 1.82) is 0 Å². The Bertz CT molecular complexity index is 424. The van der Waals surface area contributed by atoms with Gasteiger partial charge in [0.2, 0.25) is 5.76 Å². The van der Waals surface area contributed by atoms with E-state index >= 15 is 0 Å². The first-order chi connectivity index (χ1) is 9.10. The Kier molecular flexibility index (Phi) is 4.64. The van der Waals surface area contributed by atoms with E-state index in [1.807, 2.05) is 6.92 Å². The summed E-state index contributed by atoms with van der Waals surface area (Å²) < 4.78 is 16.1. The molecule has 3 unspecified atom stereocenters. The third kappa shape index (κ3) is 3.60. The van der Waals surface area contributed by atoms with Crippen LogP contribution in [0.25, 0.3) is 0 Å². The fraction of sp³-hybridized carbons (Fsp3) is 0.667. The maximum atomic E-state index is 11.3. The number of ether oxygens (including phenoxy) is 2. The highest BCUT2D eigenvalue weighted by Crippen LogP contribution is 2.30. The lowest BCUT2D eigenvalue weighted by Crippen LogP contribution is -2.22. The predicted molar refractivity (Wildman–Crippen MR) is 71.0 cm³/mol. The van der Waals surface area contributed by atoms with Gasteiger partial charge in [0, 0.05) is 0 Å². The third-order valence-corrected chi connectivity index (χ3v) is 3.70. The van der Waals surface area contributed by atoms with Crippen LogP contribution in [0, 0.1) is 5.92 Å². The van der Waals surface area contributed by atoms with Gasteiger partial charge >= 0.3 is 5.97 Å². The smallest absolute Gasteiger partial charge is 0.373 e.